The molecule has 1 nitrogen and oxygen atoms in total. The molecule has 1 rings (SSSR count). The van der Waals surface area contributed by atoms with Crippen LogP contribution in [0.25, 0.3) is 0 Å². The highest BCUT2D eigenvalue weighted by atomic mass is 14.6. The van der Waals surface area contributed by atoms with E-state index in [0.717, 1.165) is 0 Å². The molecule has 0 aromatic heterocycles. The molecule has 15 heavy (non-hydrogen) atoms. The highest BCUT2D eigenvalue weighted by Gasteiger charge is 2.15. The summed E-state index contributed by atoms with van der Waals surface area (Å²) in [6.07, 6.45) is 1.81. The van der Waals surface area contributed by atoms with Crippen molar-refractivity contribution in [3.8, 4) is 0 Å². The first-order valence-corrected chi connectivity index (χ1v) is 5.36. The Morgan fingerprint density at radius 3 is 1.53 bits per heavy atom. The van der Waals surface area contributed by atoms with E-state index < -0.39 is 0 Å². The van der Waals surface area contributed by atoms with Crippen molar-refractivity contribution in [2.24, 2.45) is 5.73 Å². The van der Waals surface area contributed by atoms with Gasteiger partial charge in [-0.1, -0.05) is 6.08 Å². The van der Waals surface area contributed by atoms with Gasteiger partial charge < -0.3 is 5.73 Å². The molecule has 0 unspecified atom stereocenters. The Hall–Kier alpha value is -1.08. The summed E-state index contributed by atoms with van der Waals surface area (Å²) in [6.45, 7) is 14.6. The van der Waals surface area contributed by atoms with E-state index in [9.17, 15) is 0 Å². The summed E-state index contributed by atoms with van der Waals surface area (Å²) in [7, 11) is 0. The summed E-state index contributed by atoms with van der Waals surface area (Å²) < 4.78 is 0. The van der Waals surface area contributed by atoms with E-state index in [0.29, 0.717) is 0 Å². The fourth-order valence-corrected chi connectivity index (χ4v) is 2.15. The van der Waals surface area contributed by atoms with Crippen molar-refractivity contribution >= 4 is 0 Å². The summed E-state index contributed by atoms with van der Waals surface area (Å²) in [5.74, 6) is 0. The zero-order valence-corrected chi connectivity index (χ0v) is 10.4. The molecule has 0 heterocycles. The van der Waals surface area contributed by atoms with E-state index >= 15 is 0 Å². The second kappa shape index (κ2) is 4.19. The molecular formula is C14H21N. The number of benzene rings is 1. The van der Waals surface area contributed by atoms with Crippen molar-refractivity contribution in [3.05, 3.63) is 46.0 Å². The zero-order valence-electron chi connectivity index (χ0n) is 10.4. The molecule has 0 amide bonds. The van der Waals surface area contributed by atoms with Gasteiger partial charge in [-0.25, -0.2) is 0 Å². The highest BCUT2D eigenvalue weighted by molar-refractivity contribution is 5.51. The third-order valence-electron chi connectivity index (χ3n) is 3.65. The minimum absolute atomic E-state index is 0.0528. The molecule has 0 bridgehead atoms. The van der Waals surface area contributed by atoms with Gasteiger partial charge in [0, 0.05) is 6.04 Å². The van der Waals surface area contributed by atoms with Crippen LogP contribution in [0.1, 0.15) is 39.4 Å². The van der Waals surface area contributed by atoms with Crippen LogP contribution in [-0.4, -0.2) is 0 Å². The maximum Gasteiger partial charge on any atom is 0.0484 e. The molecule has 0 fully saturated rings. The number of nitrogens with two attached hydrogens (primary N) is 1. The lowest BCUT2D eigenvalue weighted by molar-refractivity contribution is 0.879. The van der Waals surface area contributed by atoms with Gasteiger partial charge in [0.1, 0.15) is 0 Å². The minimum atomic E-state index is -0.0528. The number of hydrogen-bond donors (Lipinski definition) is 1. The molecule has 1 atom stereocenters. The van der Waals surface area contributed by atoms with Crippen LogP contribution in [0.2, 0.25) is 0 Å². The van der Waals surface area contributed by atoms with Gasteiger partial charge in [-0.15, -0.1) is 6.58 Å². The lowest BCUT2D eigenvalue weighted by Crippen LogP contribution is -2.13. The lowest BCUT2D eigenvalue weighted by Gasteiger charge is -2.21. The summed E-state index contributed by atoms with van der Waals surface area (Å²) in [6, 6.07) is -0.0528. The summed E-state index contributed by atoms with van der Waals surface area (Å²) in [5, 5.41) is 0. The Morgan fingerprint density at radius 1 is 0.867 bits per heavy atom. The molecule has 1 aromatic rings. The second-order valence-electron chi connectivity index (χ2n) is 4.30. The SMILES string of the molecule is C=C[C@@H](N)c1c(C)c(C)c(C)c(C)c1C. The van der Waals surface area contributed by atoms with Crippen LogP contribution in [0, 0.1) is 34.6 Å². The average molecular weight is 203 g/mol. The first-order valence-electron chi connectivity index (χ1n) is 5.36. The van der Waals surface area contributed by atoms with Gasteiger partial charge in [-0.2, -0.15) is 0 Å². The topological polar surface area (TPSA) is 26.0 Å². The summed E-state index contributed by atoms with van der Waals surface area (Å²) in [5.41, 5.74) is 14.0. The average Bonchev–Trinajstić information content (AvgIpc) is 2.23. The predicted molar refractivity (Wildman–Crippen MR) is 67.3 cm³/mol. The Bertz CT molecular complexity index is 373. The second-order valence-corrected chi connectivity index (χ2v) is 4.30. The monoisotopic (exact) mass is 203 g/mol. The van der Waals surface area contributed by atoms with E-state index in [-0.39, 0.29) is 6.04 Å². The first kappa shape index (κ1) is 12.0. The summed E-state index contributed by atoms with van der Waals surface area (Å²) >= 11 is 0. The first-order chi connectivity index (χ1) is 6.91. The van der Waals surface area contributed by atoms with E-state index in [2.05, 4.69) is 41.2 Å². The number of rotatable bonds is 2. The van der Waals surface area contributed by atoms with Gasteiger partial charge in [0.05, 0.1) is 0 Å². The van der Waals surface area contributed by atoms with Gasteiger partial charge in [-0.3, -0.25) is 0 Å². The van der Waals surface area contributed by atoms with Gasteiger partial charge in [-0.05, 0) is 68.0 Å². The van der Waals surface area contributed by atoms with Gasteiger partial charge >= 0.3 is 0 Å². The standard InChI is InChI=1S/C14H21N/c1-7-13(15)14-11(5)9(3)8(2)10(4)12(14)6/h7,13H,1,15H2,2-6H3/t13-/m1/s1. The third-order valence-corrected chi connectivity index (χ3v) is 3.65. The third kappa shape index (κ3) is 1.84. The van der Waals surface area contributed by atoms with Crippen LogP contribution in [0.4, 0.5) is 0 Å². The van der Waals surface area contributed by atoms with Gasteiger partial charge in [0.15, 0.2) is 0 Å². The van der Waals surface area contributed by atoms with Crippen LogP contribution in [0.3, 0.4) is 0 Å². The highest BCUT2D eigenvalue weighted by Crippen LogP contribution is 2.29. The van der Waals surface area contributed by atoms with Crippen molar-refractivity contribution in [3.63, 3.8) is 0 Å². The molecule has 2 N–H and O–H groups in total. The molecule has 82 valence electrons. The molecule has 0 spiro atoms. The van der Waals surface area contributed by atoms with Crippen molar-refractivity contribution < 1.29 is 0 Å². The normalized spacial score (nSPS) is 12.7. The van der Waals surface area contributed by atoms with Gasteiger partial charge in [0.25, 0.3) is 0 Å². The van der Waals surface area contributed by atoms with E-state index in [1.54, 1.807) is 0 Å². The maximum absolute atomic E-state index is 6.07. The summed E-state index contributed by atoms with van der Waals surface area (Å²) in [4.78, 5) is 0. The Labute approximate surface area is 93.0 Å². The van der Waals surface area contributed by atoms with Gasteiger partial charge in [0.2, 0.25) is 0 Å². The molecule has 0 aliphatic heterocycles. The Morgan fingerprint density at radius 2 is 1.20 bits per heavy atom. The minimum Gasteiger partial charge on any atom is -0.321 e. The molecule has 0 saturated heterocycles. The fourth-order valence-electron chi connectivity index (χ4n) is 2.15. The van der Waals surface area contributed by atoms with Crippen LogP contribution in [0.5, 0.6) is 0 Å². The Kier molecular flexibility index (Phi) is 3.35. The Balaban J connectivity index is 3.59. The molecule has 1 heteroatoms. The van der Waals surface area contributed by atoms with E-state index in [1.165, 1.54) is 33.4 Å². The smallest absolute Gasteiger partial charge is 0.0484 e. The van der Waals surface area contributed by atoms with Crippen molar-refractivity contribution in [1.82, 2.24) is 0 Å². The van der Waals surface area contributed by atoms with Crippen molar-refractivity contribution in [2.45, 2.75) is 40.7 Å². The molecule has 1 aromatic carbocycles. The van der Waals surface area contributed by atoms with Crippen LogP contribution >= 0.6 is 0 Å². The van der Waals surface area contributed by atoms with Crippen LogP contribution < -0.4 is 5.73 Å². The number of hydrogen-bond acceptors (Lipinski definition) is 1. The van der Waals surface area contributed by atoms with E-state index in [1.807, 2.05) is 6.08 Å². The zero-order chi connectivity index (χ0) is 11.7. The van der Waals surface area contributed by atoms with Crippen LogP contribution in [0.15, 0.2) is 12.7 Å². The molecule has 0 radical (unpaired) electrons. The molecule has 0 aliphatic carbocycles. The predicted octanol–water partition coefficient (Wildman–Crippen LogP) is 3.41. The molecular weight excluding hydrogens is 182 g/mol. The molecule has 0 aliphatic rings. The lowest BCUT2D eigenvalue weighted by atomic mass is 9.86. The van der Waals surface area contributed by atoms with Crippen LogP contribution in [-0.2, 0) is 0 Å². The quantitative estimate of drug-likeness (QED) is 0.732. The fraction of sp³-hybridized carbons (Fsp3) is 0.429. The maximum atomic E-state index is 6.07. The van der Waals surface area contributed by atoms with Crippen molar-refractivity contribution in [2.75, 3.05) is 0 Å². The molecule has 0 saturated carbocycles. The largest absolute Gasteiger partial charge is 0.321 e. The van der Waals surface area contributed by atoms with E-state index in [4.69, 9.17) is 5.73 Å². The van der Waals surface area contributed by atoms with Crippen molar-refractivity contribution in [1.29, 1.82) is 0 Å².